The molecule has 0 bridgehead atoms. The Balaban J connectivity index is 1.89. The molecule has 0 aliphatic heterocycles. The fraction of sp³-hybridized carbons (Fsp3) is 0.0909. The van der Waals surface area contributed by atoms with Crippen molar-refractivity contribution in [3.8, 4) is 0 Å². The van der Waals surface area contributed by atoms with E-state index in [0.29, 0.717) is 26.4 Å². The summed E-state index contributed by atoms with van der Waals surface area (Å²) < 4.78 is 1.01. The van der Waals surface area contributed by atoms with Crippen LogP contribution in [0.25, 0.3) is 10.2 Å². The second kappa shape index (κ2) is 7.55. The van der Waals surface area contributed by atoms with Crippen molar-refractivity contribution in [2.24, 2.45) is 0 Å². The minimum absolute atomic E-state index is 0.163. The molecule has 28 heavy (non-hydrogen) atoms. The first-order valence-electron chi connectivity index (χ1n) is 8.66. The van der Waals surface area contributed by atoms with Crippen molar-refractivity contribution in [1.29, 1.82) is 0 Å². The van der Waals surface area contributed by atoms with Crippen LogP contribution in [0, 0.1) is 13.8 Å². The summed E-state index contributed by atoms with van der Waals surface area (Å²) in [6.07, 6.45) is 0. The minimum Gasteiger partial charge on any atom is -0.268 e. The van der Waals surface area contributed by atoms with Gasteiger partial charge in [0.2, 0.25) is 0 Å². The van der Waals surface area contributed by atoms with E-state index in [1.165, 1.54) is 11.3 Å². The van der Waals surface area contributed by atoms with Crippen molar-refractivity contribution in [2.75, 3.05) is 4.90 Å². The molecule has 0 saturated heterocycles. The highest BCUT2D eigenvalue weighted by Gasteiger charge is 2.24. The molecule has 3 aromatic carbocycles. The number of para-hydroxylation sites is 1. The van der Waals surface area contributed by atoms with Gasteiger partial charge in [0.25, 0.3) is 5.91 Å². The maximum atomic E-state index is 13.5. The lowest BCUT2D eigenvalue weighted by molar-refractivity contribution is 0.0999. The topological polar surface area (TPSA) is 33.2 Å². The quantitative estimate of drug-likeness (QED) is 0.346. The normalized spacial score (nSPS) is 11.0. The summed E-state index contributed by atoms with van der Waals surface area (Å²) >= 11 is 13.8. The Bertz CT molecular complexity index is 1150. The van der Waals surface area contributed by atoms with E-state index >= 15 is 0 Å². The summed E-state index contributed by atoms with van der Waals surface area (Å²) in [6, 6.07) is 18.8. The first-order valence-corrected chi connectivity index (χ1v) is 10.2. The van der Waals surface area contributed by atoms with Gasteiger partial charge in [-0.2, -0.15) is 0 Å². The molecule has 6 heteroatoms. The highest BCUT2D eigenvalue weighted by Crippen LogP contribution is 2.37. The van der Waals surface area contributed by atoms with Gasteiger partial charge in [-0.25, -0.2) is 4.98 Å². The summed E-state index contributed by atoms with van der Waals surface area (Å²) in [5.74, 6) is -0.163. The van der Waals surface area contributed by atoms with Gasteiger partial charge >= 0.3 is 0 Å². The number of rotatable bonds is 3. The molecule has 0 unspecified atom stereocenters. The number of thiazole rings is 1. The highest BCUT2D eigenvalue weighted by atomic mass is 35.5. The van der Waals surface area contributed by atoms with Crippen LogP contribution in [0.4, 0.5) is 10.8 Å². The molecule has 0 saturated carbocycles. The zero-order valence-electron chi connectivity index (χ0n) is 15.2. The van der Waals surface area contributed by atoms with Crippen LogP contribution in [0.5, 0.6) is 0 Å². The number of benzene rings is 3. The van der Waals surface area contributed by atoms with Gasteiger partial charge in [-0.1, -0.05) is 63.9 Å². The van der Waals surface area contributed by atoms with Gasteiger partial charge < -0.3 is 0 Å². The van der Waals surface area contributed by atoms with Crippen LogP contribution in [0.3, 0.4) is 0 Å². The van der Waals surface area contributed by atoms with E-state index in [9.17, 15) is 4.79 Å². The number of aryl methyl sites for hydroxylation is 2. The Morgan fingerprint density at radius 3 is 2.32 bits per heavy atom. The van der Waals surface area contributed by atoms with E-state index in [0.717, 1.165) is 21.3 Å². The Kier molecular flexibility index (Phi) is 5.11. The average Bonchev–Trinajstić information content (AvgIpc) is 3.07. The zero-order valence-corrected chi connectivity index (χ0v) is 17.6. The predicted molar refractivity (Wildman–Crippen MR) is 118 cm³/mol. The molecule has 4 aromatic rings. The number of hydrogen-bond acceptors (Lipinski definition) is 3. The fourth-order valence-corrected chi connectivity index (χ4v) is 4.40. The molecule has 0 spiro atoms. The number of nitrogens with zero attached hydrogens (tertiary/aromatic N) is 2. The average molecular weight is 427 g/mol. The Morgan fingerprint density at radius 1 is 0.929 bits per heavy atom. The van der Waals surface area contributed by atoms with Gasteiger partial charge in [-0.05, 0) is 56.3 Å². The van der Waals surface area contributed by atoms with E-state index in [4.69, 9.17) is 23.2 Å². The maximum absolute atomic E-state index is 13.5. The van der Waals surface area contributed by atoms with E-state index in [-0.39, 0.29) is 5.91 Å². The van der Waals surface area contributed by atoms with E-state index < -0.39 is 0 Å². The zero-order chi connectivity index (χ0) is 19.8. The Hall–Kier alpha value is -2.40. The molecule has 3 nitrogen and oxygen atoms in total. The molecule has 1 aromatic heterocycles. The summed E-state index contributed by atoms with van der Waals surface area (Å²) in [4.78, 5) is 19.8. The third-order valence-electron chi connectivity index (χ3n) is 4.31. The van der Waals surface area contributed by atoms with Crippen molar-refractivity contribution in [3.63, 3.8) is 0 Å². The molecule has 0 N–H and O–H groups in total. The molecule has 4 rings (SSSR count). The van der Waals surface area contributed by atoms with Gasteiger partial charge in [0, 0.05) is 5.56 Å². The number of fused-ring (bicyclic) bond motifs is 1. The van der Waals surface area contributed by atoms with Gasteiger partial charge in [0.15, 0.2) is 5.13 Å². The molecule has 0 aliphatic rings. The standard InChI is InChI=1S/C22H16Cl2N2OS/c1-13-9-14(2)11-15(10-13)21(27)26(16-7-8-17(23)18(24)12-16)22-25-19-5-3-4-6-20(19)28-22/h3-12H,1-2H3. The largest absolute Gasteiger partial charge is 0.268 e. The highest BCUT2D eigenvalue weighted by molar-refractivity contribution is 7.22. The number of halogens is 2. The summed E-state index contributed by atoms with van der Waals surface area (Å²) in [6.45, 7) is 3.95. The molecule has 140 valence electrons. The molecular formula is C22H16Cl2N2OS. The number of carbonyl (C=O) groups excluding carboxylic acids is 1. The smallest absolute Gasteiger partial charge is 0.264 e. The molecule has 0 radical (unpaired) electrons. The van der Waals surface area contributed by atoms with Crippen molar-refractivity contribution < 1.29 is 4.79 Å². The third kappa shape index (κ3) is 3.63. The second-order valence-corrected chi connectivity index (χ2v) is 8.40. The Labute approximate surface area is 177 Å². The number of carbonyl (C=O) groups is 1. The minimum atomic E-state index is -0.163. The van der Waals surface area contributed by atoms with Crippen molar-refractivity contribution in [3.05, 3.63) is 87.4 Å². The molecular weight excluding hydrogens is 411 g/mol. The molecule has 0 fully saturated rings. The van der Waals surface area contributed by atoms with Crippen LogP contribution in [0.2, 0.25) is 10.0 Å². The van der Waals surface area contributed by atoms with Gasteiger partial charge in [-0.3, -0.25) is 9.69 Å². The van der Waals surface area contributed by atoms with Crippen LogP contribution < -0.4 is 4.90 Å². The number of amides is 1. The van der Waals surface area contributed by atoms with Gasteiger partial charge in [-0.15, -0.1) is 0 Å². The van der Waals surface area contributed by atoms with Gasteiger partial charge in [0.1, 0.15) is 0 Å². The van der Waals surface area contributed by atoms with Gasteiger partial charge in [0.05, 0.1) is 25.9 Å². The van der Waals surface area contributed by atoms with E-state index in [1.54, 1.807) is 23.1 Å². The monoisotopic (exact) mass is 426 g/mol. The first kappa shape index (κ1) is 18.9. The SMILES string of the molecule is Cc1cc(C)cc(C(=O)N(c2ccc(Cl)c(Cl)c2)c2nc3ccccc3s2)c1. The lowest BCUT2D eigenvalue weighted by Gasteiger charge is -2.21. The molecule has 0 aliphatic carbocycles. The van der Waals surface area contributed by atoms with Crippen molar-refractivity contribution >= 4 is 61.5 Å². The summed E-state index contributed by atoms with van der Waals surface area (Å²) in [7, 11) is 0. The fourth-order valence-electron chi connectivity index (χ4n) is 3.12. The number of hydrogen-bond donors (Lipinski definition) is 0. The number of anilines is 2. The van der Waals surface area contributed by atoms with E-state index in [2.05, 4.69) is 4.98 Å². The Morgan fingerprint density at radius 2 is 1.64 bits per heavy atom. The van der Waals surface area contributed by atoms with Crippen molar-refractivity contribution in [1.82, 2.24) is 4.98 Å². The van der Waals surface area contributed by atoms with Crippen molar-refractivity contribution in [2.45, 2.75) is 13.8 Å². The van der Waals surface area contributed by atoms with Crippen LogP contribution in [-0.2, 0) is 0 Å². The van der Waals surface area contributed by atoms with Crippen LogP contribution in [-0.4, -0.2) is 10.9 Å². The van der Waals surface area contributed by atoms with Crippen LogP contribution >= 0.6 is 34.5 Å². The second-order valence-electron chi connectivity index (χ2n) is 6.58. The lowest BCUT2D eigenvalue weighted by Crippen LogP contribution is -2.26. The molecule has 1 heterocycles. The van der Waals surface area contributed by atoms with E-state index in [1.807, 2.05) is 56.3 Å². The molecule has 0 atom stereocenters. The lowest BCUT2D eigenvalue weighted by atomic mass is 10.1. The third-order valence-corrected chi connectivity index (χ3v) is 6.07. The predicted octanol–water partition coefficient (Wildman–Crippen LogP) is 7.20. The molecule has 1 amide bonds. The summed E-state index contributed by atoms with van der Waals surface area (Å²) in [5.41, 5.74) is 4.13. The maximum Gasteiger partial charge on any atom is 0.264 e. The summed E-state index contributed by atoms with van der Waals surface area (Å²) in [5, 5.41) is 1.41. The van der Waals surface area contributed by atoms with Crippen LogP contribution in [0.15, 0.2) is 60.7 Å². The number of aromatic nitrogens is 1. The first-order chi connectivity index (χ1) is 13.4. The van der Waals surface area contributed by atoms with Crippen LogP contribution in [0.1, 0.15) is 21.5 Å².